The molecule has 0 amide bonds. The number of carbonyl (C=O) groups is 2. The molecule has 0 unspecified atom stereocenters. The van der Waals surface area contributed by atoms with Gasteiger partial charge < -0.3 is 4.74 Å². The molecule has 0 aliphatic rings. The summed E-state index contributed by atoms with van der Waals surface area (Å²) < 4.78 is 5.94. The van der Waals surface area contributed by atoms with Gasteiger partial charge >= 0.3 is 0 Å². The molecule has 0 fully saturated rings. The van der Waals surface area contributed by atoms with E-state index in [1.54, 1.807) is 6.07 Å². The molecule has 0 N–H and O–H groups in total. The molecule has 1 aromatic carbocycles. The van der Waals surface area contributed by atoms with E-state index < -0.39 is 0 Å². The zero-order chi connectivity index (χ0) is 11.4. The minimum atomic E-state index is -0.117. The molecular weight excluding hydrogens is 260 g/mol. The summed E-state index contributed by atoms with van der Waals surface area (Å²) in [4.78, 5) is 22.0. The highest BCUT2D eigenvalue weighted by molar-refractivity contribution is 9.10. The van der Waals surface area contributed by atoms with Crippen molar-refractivity contribution in [1.29, 1.82) is 0 Å². The molecular formula is C11H11BrO3. The van der Waals surface area contributed by atoms with Gasteiger partial charge in [-0.3, -0.25) is 9.59 Å². The average molecular weight is 271 g/mol. The SMILES string of the molecule is CCOc1cc(Br)c(C=O)cc1C(C)=O. The van der Waals surface area contributed by atoms with Crippen LogP contribution in [0.3, 0.4) is 0 Å². The Kier molecular flexibility index (Phi) is 4.03. The van der Waals surface area contributed by atoms with Crippen molar-refractivity contribution in [3.05, 3.63) is 27.7 Å². The maximum absolute atomic E-state index is 11.3. The first-order valence-electron chi connectivity index (χ1n) is 4.52. The molecule has 0 bridgehead atoms. The van der Waals surface area contributed by atoms with E-state index >= 15 is 0 Å². The number of carbonyl (C=O) groups excluding carboxylic acids is 2. The van der Waals surface area contributed by atoms with Crippen LogP contribution in [0.5, 0.6) is 5.75 Å². The van der Waals surface area contributed by atoms with E-state index in [0.717, 1.165) is 0 Å². The Morgan fingerprint density at radius 2 is 2.20 bits per heavy atom. The summed E-state index contributed by atoms with van der Waals surface area (Å²) in [7, 11) is 0. The highest BCUT2D eigenvalue weighted by Crippen LogP contribution is 2.27. The summed E-state index contributed by atoms with van der Waals surface area (Å²) >= 11 is 3.24. The lowest BCUT2D eigenvalue weighted by Gasteiger charge is -2.09. The molecule has 1 rings (SSSR count). The van der Waals surface area contributed by atoms with E-state index in [2.05, 4.69) is 15.9 Å². The lowest BCUT2D eigenvalue weighted by molar-refractivity contribution is 0.101. The van der Waals surface area contributed by atoms with Crippen molar-refractivity contribution in [3.8, 4) is 5.75 Å². The minimum absolute atomic E-state index is 0.117. The summed E-state index contributed by atoms with van der Waals surface area (Å²) in [6, 6.07) is 3.17. The zero-order valence-electron chi connectivity index (χ0n) is 8.54. The van der Waals surface area contributed by atoms with Gasteiger partial charge in [-0.2, -0.15) is 0 Å². The molecule has 0 radical (unpaired) electrons. The fraction of sp³-hybridized carbons (Fsp3) is 0.273. The number of ether oxygens (including phenoxy) is 1. The third-order valence-corrected chi connectivity index (χ3v) is 2.59. The quantitative estimate of drug-likeness (QED) is 0.624. The second-order valence-electron chi connectivity index (χ2n) is 2.98. The summed E-state index contributed by atoms with van der Waals surface area (Å²) in [5, 5.41) is 0. The van der Waals surface area contributed by atoms with Crippen LogP contribution in [0.2, 0.25) is 0 Å². The first kappa shape index (κ1) is 11.9. The normalized spacial score (nSPS) is 9.80. The molecule has 0 spiro atoms. The van der Waals surface area contributed by atoms with Crippen LogP contribution in [0.15, 0.2) is 16.6 Å². The van der Waals surface area contributed by atoms with Crippen LogP contribution in [-0.2, 0) is 0 Å². The highest BCUT2D eigenvalue weighted by Gasteiger charge is 2.12. The Balaban J connectivity index is 3.31. The number of aldehydes is 1. The van der Waals surface area contributed by atoms with Gasteiger partial charge in [0.25, 0.3) is 0 Å². The smallest absolute Gasteiger partial charge is 0.163 e. The molecule has 0 saturated heterocycles. The first-order chi connectivity index (χ1) is 7.10. The number of benzene rings is 1. The van der Waals surface area contributed by atoms with Crippen LogP contribution in [0.4, 0.5) is 0 Å². The Hall–Kier alpha value is -1.16. The van der Waals surface area contributed by atoms with Gasteiger partial charge in [0.15, 0.2) is 12.1 Å². The lowest BCUT2D eigenvalue weighted by Crippen LogP contribution is -2.02. The Bertz CT molecular complexity index is 399. The van der Waals surface area contributed by atoms with Gasteiger partial charge in [-0.15, -0.1) is 0 Å². The summed E-state index contributed by atoms with van der Waals surface area (Å²) in [6.07, 6.45) is 0.701. The number of halogens is 1. The molecule has 0 saturated carbocycles. The molecule has 0 atom stereocenters. The van der Waals surface area contributed by atoms with Gasteiger partial charge in [0, 0.05) is 10.0 Å². The van der Waals surface area contributed by atoms with Crippen molar-refractivity contribution in [1.82, 2.24) is 0 Å². The number of ketones is 1. The molecule has 0 aromatic heterocycles. The molecule has 0 aliphatic carbocycles. The molecule has 1 aromatic rings. The fourth-order valence-electron chi connectivity index (χ4n) is 1.21. The van der Waals surface area contributed by atoms with E-state index in [0.29, 0.717) is 34.2 Å². The van der Waals surface area contributed by atoms with Crippen LogP contribution < -0.4 is 4.74 Å². The van der Waals surface area contributed by atoms with Crippen LogP contribution in [-0.4, -0.2) is 18.7 Å². The Labute approximate surface area is 96.6 Å². The van der Waals surface area contributed by atoms with Gasteiger partial charge in [-0.05, 0) is 41.9 Å². The third kappa shape index (κ3) is 2.65. The van der Waals surface area contributed by atoms with Crippen LogP contribution >= 0.6 is 15.9 Å². The maximum atomic E-state index is 11.3. The molecule has 15 heavy (non-hydrogen) atoms. The number of hydrogen-bond acceptors (Lipinski definition) is 3. The monoisotopic (exact) mass is 270 g/mol. The second-order valence-corrected chi connectivity index (χ2v) is 3.83. The van der Waals surface area contributed by atoms with Crippen molar-refractivity contribution >= 4 is 28.0 Å². The highest BCUT2D eigenvalue weighted by atomic mass is 79.9. The fourth-order valence-corrected chi connectivity index (χ4v) is 1.63. The van der Waals surface area contributed by atoms with Crippen molar-refractivity contribution in [2.24, 2.45) is 0 Å². The van der Waals surface area contributed by atoms with E-state index in [1.807, 2.05) is 6.92 Å². The van der Waals surface area contributed by atoms with E-state index in [1.165, 1.54) is 13.0 Å². The third-order valence-electron chi connectivity index (χ3n) is 1.90. The number of rotatable bonds is 4. The zero-order valence-corrected chi connectivity index (χ0v) is 10.1. The largest absolute Gasteiger partial charge is 0.493 e. The molecule has 3 nitrogen and oxygen atoms in total. The van der Waals surface area contributed by atoms with Crippen molar-refractivity contribution in [2.45, 2.75) is 13.8 Å². The summed E-state index contributed by atoms with van der Waals surface area (Å²) in [6.45, 7) is 3.76. The summed E-state index contributed by atoms with van der Waals surface area (Å²) in [5.74, 6) is 0.386. The van der Waals surface area contributed by atoms with Gasteiger partial charge in [0.2, 0.25) is 0 Å². The standard InChI is InChI=1S/C11H11BrO3/c1-3-15-11-5-10(12)8(6-13)4-9(11)7(2)14/h4-6H,3H2,1-2H3. The Morgan fingerprint density at radius 1 is 1.53 bits per heavy atom. The second kappa shape index (κ2) is 5.07. The molecule has 4 heteroatoms. The van der Waals surface area contributed by atoms with Gasteiger partial charge in [-0.1, -0.05) is 0 Å². The number of hydrogen-bond donors (Lipinski definition) is 0. The van der Waals surface area contributed by atoms with Crippen LogP contribution in [0.1, 0.15) is 34.6 Å². The van der Waals surface area contributed by atoms with Gasteiger partial charge in [0.1, 0.15) is 5.75 Å². The molecule has 80 valence electrons. The molecule has 0 aliphatic heterocycles. The van der Waals surface area contributed by atoms with Crippen molar-refractivity contribution in [2.75, 3.05) is 6.61 Å². The minimum Gasteiger partial charge on any atom is -0.493 e. The van der Waals surface area contributed by atoms with Crippen LogP contribution in [0, 0.1) is 0 Å². The predicted octanol–water partition coefficient (Wildman–Crippen LogP) is 2.86. The topological polar surface area (TPSA) is 43.4 Å². The van der Waals surface area contributed by atoms with Crippen LogP contribution in [0.25, 0.3) is 0 Å². The Morgan fingerprint density at radius 3 is 2.67 bits per heavy atom. The van der Waals surface area contributed by atoms with Crippen molar-refractivity contribution < 1.29 is 14.3 Å². The first-order valence-corrected chi connectivity index (χ1v) is 5.32. The van der Waals surface area contributed by atoms with Crippen molar-refractivity contribution in [3.63, 3.8) is 0 Å². The molecule has 0 heterocycles. The average Bonchev–Trinajstić information content (AvgIpc) is 2.18. The van der Waals surface area contributed by atoms with E-state index in [4.69, 9.17) is 4.74 Å². The predicted molar refractivity (Wildman–Crippen MR) is 60.7 cm³/mol. The van der Waals surface area contributed by atoms with E-state index in [-0.39, 0.29) is 5.78 Å². The van der Waals surface area contributed by atoms with Gasteiger partial charge in [0.05, 0.1) is 12.2 Å². The van der Waals surface area contributed by atoms with E-state index in [9.17, 15) is 9.59 Å². The number of Topliss-reactive ketones (excluding diaryl/α,β-unsaturated/α-hetero) is 1. The summed E-state index contributed by atoms with van der Waals surface area (Å²) in [5.41, 5.74) is 0.880. The maximum Gasteiger partial charge on any atom is 0.163 e. The van der Waals surface area contributed by atoms with Gasteiger partial charge in [-0.25, -0.2) is 0 Å². The lowest BCUT2D eigenvalue weighted by atomic mass is 10.1.